The SMILES string of the molecule is CCN(c1ccccc1F)C(CN)(CC(C)C)CC(C)C. The van der Waals surface area contributed by atoms with Gasteiger partial charge in [-0.05, 0) is 43.7 Å². The van der Waals surface area contributed by atoms with Crippen molar-refractivity contribution in [3.63, 3.8) is 0 Å². The molecule has 0 aliphatic carbocycles. The Balaban J connectivity index is 3.28. The summed E-state index contributed by atoms with van der Waals surface area (Å²) in [6, 6.07) is 7.03. The molecule has 1 rings (SSSR count). The number of nitrogens with zero attached hydrogens (tertiary/aromatic N) is 1. The molecule has 0 spiro atoms. The number of rotatable bonds is 8. The standard InChI is InChI=1S/C18H31FN2/c1-6-21(17-10-8-7-9-16(17)19)18(13-20,11-14(2)3)12-15(4)5/h7-10,14-15H,6,11-13,20H2,1-5H3. The quantitative estimate of drug-likeness (QED) is 0.768. The van der Waals surface area contributed by atoms with Gasteiger partial charge in [-0.15, -0.1) is 0 Å². The Labute approximate surface area is 129 Å². The van der Waals surface area contributed by atoms with Crippen LogP contribution in [0.2, 0.25) is 0 Å². The second kappa shape index (κ2) is 7.79. The summed E-state index contributed by atoms with van der Waals surface area (Å²) in [5.74, 6) is 0.880. The molecule has 1 aromatic rings. The largest absolute Gasteiger partial charge is 0.362 e. The van der Waals surface area contributed by atoms with E-state index in [1.54, 1.807) is 6.07 Å². The molecule has 21 heavy (non-hydrogen) atoms. The monoisotopic (exact) mass is 294 g/mol. The molecule has 120 valence electrons. The van der Waals surface area contributed by atoms with Crippen molar-refractivity contribution in [2.24, 2.45) is 17.6 Å². The fraction of sp³-hybridized carbons (Fsp3) is 0.667. The number of anilines is 1. The Morgan fingerprint density at radius 2 is 1.62 bits per heavy atom. The average Bonchev–Trinajstić information content (AvgIpc) is 2.40. The van der Waals surface area contributed by atoms with Crippen molar-refractivity contribution in [2.75, 3.05) is 18.0 Å². The average molecular weight is 294 g/mol. The summed E-state index contributed by atoms with van der Waals surface area (Å²) in [4.78, 5) is 2.18. The summed E-state index contributed by atoms with van der Waals surface area (Å²) in [6.45, 7) is 12.2. The van der Waals surface area contributed by atoms with Crippen LogP contribution < -0.4 is 10.6 Å². The van der Waals surface area contributed by atoms with E-state index in [0.29, 0.717) is 24.1 Å². The number of benzene rings is 1. The van der Waals surface area contributed by atoms with Gasteiger partial charge in [0.05, 0.1) is 11.2 Å². The molecule has 1 aromatic carbocycles. The van der Waals surface area contributed by atoms with Crippen molar-refractivity contribution >= 4 is 5.69 Å². The lowest BCUT2D eigenvalue weighted by molar-refractivity contribution is 0.270. The number of nitrogens with two attached hydrogens (primary N) is 1. The van der Waals surface area contributed by atoms with E-state index in [2.05, 4.69) is 39.5 Å². The molecule has 0 radical (unpaired) electrons. The molecule has 0 heterocycles. The fourth-order valence-electron chi connectivity index (χ4n) is 3.53. The van der Waals surface area contributed by atoms with Gasteiger partial charge in [0.1, 0.15) is 5.82 Å². The zero-order chi connectivity index (χ0) is 16.0. The summed E-state index contributed by atoms with van der Waals surface area (Å²) in [7, 11) is 0. The van der Waals surface area contributed by atoms with Crippen molar-refractivity contribution in [2.45, 2.75) is 53.0 Å². The summed E-state index contributed by atoms with van der Waals surface area (Å²) >= 11 is 0. The van der Waals surface area contributed by atoms with Crippen LogP contribution in [0.3, 0.4) is 0 Å². The predicted molar refractivity (Wildman–Crippen MR) is 90.1 cm³/mol. The molecule has 0 aromatic heterocycles. The molecule has 2 nitrogen and oxygen atoms in total. The first kappa shape index (κ1) is 18.0. The van der Waals surface area contributed by atoms with Crippen LogP contribution in [-0.2, 0) is 0 Å². The van der Waals surface area contributed by atoms with Gasteiger partial charge in [0, 0.05) is 13.1 Å². The van der Waals surface area contributed by atoms with Gasteiger partial charge in [-0.1, -0.05) is 39.8 Å². The zero-order valence-corrected chi connectivity index (χ0v) is 14.2. The minimum absolute atomic E-state index is 0.162. The van der Waals surface area contributed by atoms with E-state index in [1.165, 1.54) is 6.07 Å². The summed E-state index contributed by atoms with van der Waals surface area (Å²) in [5, 5.41) is 0. The van der Waals surface area contributed by atoms with Crippen molar-refractivity contribution in [3.05, 3.63) is 30.1 Å². The zero-order valence-electron chi connectivity index (χ0n) is 14.2. The maximum absolute atomic E-state index is 14.3. The van der Waals surface area contributed by atoms with Crippen LogP contribution >= 0.6 is 0 Å². The minimum atomic E-state index is -0.181. The minimum Gasteiger partial charge on any atom is -0.362 e. The van der Waals surface area contributed by atoms with Gasteiger partial charge in [-0.2, -0.15) is 0 Å². The van der Waals surface area contributed by atoms with E-state index >= 15 is 0 Å². The Bertz CT molecular complexity index is 419. The van der Waals surface area contributed by atoms with Crippen molar-refractivity contribution in [1.82, 2.24) is 0 Å². The van der Waals surface area contributed by atoms with Crippen LogP contribution in [0.4, 0.5) is 10.1 Å². The molecule has 0 saturated carbocycles. The van der Waals surface area contributed by atoms with Gasteiger partial charge in [0.15, 0.2) is 0 Å². The molecular weight excluding hydrogens is 263 g/mol. The third kappa shape index (κ3) is 4.44. The van der Waals surface area contributed by atoms with Crippen LogP contribution in [0.5, 0.6) is 0 Å². The van der Waals surface area contributed by atoms with E-state index in [9.17, 15) is 4.39 Å². The second-order valence-corrected chi connectivity index (χ2v) is 6.82. The van der Waals surface area contributed by atoms with Crippen LogP contribution in [0.1, 0.15) is 47.5 Å². The first-order valence-corrected chi connectivity index (χ1v) is 8.08. The lowest BCUT2D eigenvalue weighted by Gasteiger charge is -2.47. The van der Waals surface area contributed by atoms with Crippen molar-refractivity contribution < 1.29 is 4.39 Å². The number of para-hydroxylation sites is 1. The molecule has 0 fully saturated rings. The normalized spacial score (nSPS) is 12.2. The third-order valence-corrected chi connectivity index (χ3v) is 3.99. The highest BCUT2D eigenvalue weighted by Crippen LogP contribution is 2.35. The maximum atomic E-state index is 14.3. The number of likely N-dealkylation sites (N-methyl/N-ethyl adjacent to an activating group) is 1. The van der Waals surface area contributed by atoms with E-state index in [0.717, 1.165) is 19.4 Å². The highest BCUT2D eigenvalue weighted by atomic mass is 19.1. The molecule has 0 saturated heterocycles. The van der Waals surface area contributed by atoms with Crippen LogP contribution in [0, 0.1) is 17.7 Å². The Hall–Kier alpha value is -1.09. The Morgan fingerprint density at radius 1 is 1.10 bits per heavy atom. The lowest BCUT2D eigenvalue weighted by atomic mass is 9.80. The molecule has 3 heteroatoms. The van der Waals surface area contributed by atoms with Gasteiger partial charge >= 0.3 is 0 Å². The first-order valence-electron chi connectivity index (χ1n) is 8.08. The molecule has 0 unspecified atom stereocenters. The lowest BCUT2D eigenvalue weighted by Crippen LogP contribution is -2.56. The maximum Gasteiger partial charge on any atom is 0.146 e. The van der Waals surface area contributed by atoms with Gasteiger partial charge < -0.3 is 10.6 Å². The molecule has 2 N–H and O–H groups in total. The van der Waals surface area contributed by atoms with Gasteiger partial charge in [0.2, 0.25) is 0 Å². The van der Waals surface area contributed by atoms with E-state index in [1.807, 2.05) is 12.1 Å². The number of hydrogen-bond donors (Lipinski definition) is 1. The third-order valence-electron chi connectivity index (χ3n) is 3.99. The molecule has 0 bridgehead atoms. The van der Waals surface area contributed by atoms with Gasteiger partial charge in [-0.3, -0.25) is 0 Å². The van der Waals surface area contributed by atoms with Crippen molar-refractivity contribution in [3.8, 4) is 0 Å². The first-order chi connectivity index (χ1) is 9.86. The fourth-order valence-corrected chi connectivity index (χ4v) is 3.53. The van der Waals surface area contributed by atoms with E-state index in [4.69, 9.17) is 5.73 Å². The van der Waals surface area contributed by atoms with Crippen LogP contribution in [-0.4, -0.2) is 18.6 Å². The molecular formula is C18H31FN2. The summed E-state index contributed by atoms with van der Waals surface area (Å²) in [6.07, 6.45) is 1.95. The van der Waals surface area contributed by atoms with Crippen LogP contribution in [0.15, 0.2) is 24.3 Å². The van der Waals surface area contributed by atoms with Gasteiger partial charge in [-0.25, -0.2) is 4.39 Å². The van der Waals surface area contributed by atoms with Crippen LogP contribution in [0.25, 0.3) is 0 Å². The summed E-state index contributed by atoms with van der Waals surface area (Å²) < 4.78 is 14.3. The molecule has 0 aliphatic rings. The highest BCUT2D eigenvalue weighted by molar-refractivity contribution is 5.50. The Morgan fingerprint density at radius 3 is 2.00 bits per heavy atom. The predicted octanol–water partition coefficient (Wildman–Crippen LogP) is 4.44. The molecule has 0 amide bonds. The Kier molecular flexibility index (Phi) is 6.66. The molecule has 0 aliphatic heterocycles. The second-order valence-electron chi connectivity index (χ2n) is 6.82. The van der Waals surface area contributed by atoms with E-state index in [-0.39, 0.29) is 11.4 Å². The topological polar surface area (TPSA) is 29.3 Å². The molecule has 0 atom stereocenters. The highest BCUT2D eigenvalue weighted by Gasteiger charge is 2.37. The smallest absolute Gasteiger partial charge is 0.146 e. The number of halogens is 1. The van der Waals surface area contributed by atoms with Crippen molar-refractivity contribution in [1.29, 1.82) is 0 Å². The van der Waals surface area contributed by atoms with E-state index < -0.39 is 0 Å². The number of hydrogen-bond acceptors (Lipinski definition) is 2. The van der Waals surface area contributed by atoms with Gasteiger partial charge in [0.25, 0.3) is 0 Å². The summed E-state index contributed by atoms with van der Waals surface area (Å²) in [5.41, 5.74) is 6.70.